The molecule has 1 aliphatic rings. The van der Waals surface area contributed by atoms with Crippen LogP contribution in [0.25, 0.3) is 0 Å². The maximum absolute atomic E-state index is 11.0. The summed E-state index contributed by atoms with van der Waals surface area (Å²) < 4.78 is 1.96. The number of aromatic nitrogens is 2. The van der Waals surface area contributed by atoms with Gasteiger partial charge in [-0.3, -0.25) is 14.4 Å². The van der Waals surface area contributed by atoms with Crippen molar-refractivity contribution < 1.29 is 4.79 Å². The molecule has 0 aliphatic carbocycles. The van der Waals surface area contributed by atoms with Gasteiger partial charge in [0.25, 0.3) is 0 Å². The first-order valence-corrected chi connectivity index (χ1v) is 11.8. The smallest absolute Gasteiger partial charge is 0.170 e. The monoisotopic (exact) mass is 426 g/mol. The minimum Gasteiger partial charge on any atom is -0.311 e. The number of hydrogen-bond donors (Lipinski definition) is 1. The van der Waals surface area contributed by atoms with Gasteiger partial charge in [-0.05, 0) is 47.6 Å². The zero-order valence-corrected chi connectivity index (χ0v) is 18.9. The molecule has 2 rings (SSSR count). The fraction of sp³-hybridized carbons (Fsp3) is 0.417. The first-order valence-electron chi connectivity index (χ1n) is 10.4. The van der Waals surface area contributed by atoms with Crippen LogP contribution in [0, 0.1) is 0 Å². The molecule has 1 aromatic heterocycles. The lowest BCUT2D eigenvalue weighted by Crippen LogP contribution is -2.32. The van der Waals surface area contributed by atoms with Gasteiger partial charge in [-0.1, -0.05) is 44.0 Å². The quantitative estimate of drug-likeness (QED) is 0.293. The Balaban J connectivity index is 1.77. The molecular formula is C24H34N4OS. The lowest BCUT2D eigenvalue weighted by atomic mass is 10.1. The molecule has 1 aromatic rings. The Morgan fingerprint density at radius 3 is 2.90 bits per heavy atom. The van der Waals surface area contributed by atoms with Crippen LogP contribution in [-0.4, -0.2) is 59.2 Å². The first-order chi connectivity index (χ1) is 14.6. The van der Waals surface area contributed by atoms with Gasteiger partial charge in [-0.15, -0.1) is 0 Å². The molecule has 162 valence electrons. The predicted octanol–water partition coefficient (Wildman–Crippen LogP) is 4.03. The van der Waals surface area contributed by atoms with Crippen LogP contribution in [0.15, 0.2) is 66.8 Å². The van der Waals surface area contributed by atoms with Gasteiger partial charge in [0.1, 0.15) is 5.69 Å². The van der Waals surface area contributed by atoms with Crippen LogP contribution in [0.1, 0.15) is 29.0 Å². The lowest BCUT2D eigenvalue weighted by molar-refractivity contribution is 0.111. The van der Waals surface area contributed by atoms with Crippen molar-refractivity contribution in [3.63, 3.8) is 0 Å². The van der Waals surface area contributed by atoms with Gasteiger partial charge in [0.2, 0.25) is 0 Å². The summed E-state index contributed by atoms with van der Waals surface area (Å²) in [7, 11) is 0. The fourth-order valence-corrected chi connectivity index (χ4v) is 3.66. The summed E-state index contributed by atoms with van der Waals surface area (Å²) >= 11 is 1.84. The number of rotatable bonds is 13. The molecule has 0 fully saturated rings. The Morgan fingerprint density at radius 1 is 1.33 bits per heavy atom. The van der Waals surface area contributed by atoms with Crippen LogP contribution in [-0.2, 0) is 13.1 Å². The van der Waals surface area contributed by atoms with Crippen LogP contribution in [0.2, 0.25) is 0 Å². The van der Waals surface area contributed by atoms with E-state index in [0.29, 0.717) is 5.69 Å². The second-order valence-corrected chi connectivity index (χ2v) is 8.35. The van der Waals surface area contributed by atoms with Crippen molar-refractivity contribution >= 4 is 18.0 Å². The highest BCUT2D eigenvalue weighted by molar-refractivity contribution is 7.98. The van der Waals surface area contributed by atoms with E-state index >= 15 is 0 Å². The molecule has 0 saturated heterocycles. The molecule has 1 N–H and O–H groups in total. The average Bonchev–Trinajstić information content (AvgIpc) is 3.04. The predicted molar refractivity (Wildman–Crippen MR) is 129 cm³/mol. The standard InChI is InChI=1S/C24H34N4OS/c1-5-22(15-21(3)20(2)9-6-7-14-30-4)17-25-10-13-27-11-8-12-28-24(18-27)16-23(19-29)26-28/h5-6,9,15-16,19,25H,1-3,7-8,10-14,17-18H2,4H3/b9-6-,22-15+. The van der Waals surface area contributed by atoms with E-state index in [1.807, 2.05) is 40.7 Å². The van der Waals surface area contributed by atoms with Crippen LogP contribution < -0.4 is 5.32 Å². The van der Waals surface area contributed by atoms with Gasteiger partial charge < -0.3 is 5.32 Å². The molecule has 0 amide bonds. The zero-order chi connectivity index (χ0) is 21.8. The molecule has 0 saturated carbocycles. The number of allylic oxidation sites excluding steroid dienone is 5. The van der Waals surface area contributed by atoms with Crippen molar-refractivity contribution in [1.82, 2.24) is 20.0 Å². The summed E-state index contributed by atoms with van der Waals surface area (Å²) in [5.41, 5.74) is 4.58. The maximum Gasteiger partial charge on any atom is 0.170 e. The minimum absolute atomic E-state index is 0.520. The number of carbonyl (C=O) groups excluding carboxylic acids is 1. The summed E-state index contributed by atoms with van der Waals surface area (Å²) in [6.07, 6.45) is 13.1. The van der Waals surface area contributed by atoms with E-state index in [1.54, 1.807) is 0 Å². The van der Waals surface area contributed by atoms with Crippen LogP contribution in [0.4, 0.5) is 0 Å². The van der Waals surface area contributed by atoms with E-state index in [4.69, 9.17) is 0 Å². The molecule has 30 heavy (non-hydrogen) atoms. The second kappa shape index (κ2) is 13.2. The summed E-state index contributed by atoms with van der Waals surface area (Å²) in [4.78, 5) is 13.4. The molecule has 0 unspecified atom stereocenters. The van der Waals surface area contributed by atoms with Gasteiger partial charge >= 0.3 is 0 Å². The number of aldehydes is 1. The number of carbonyl (C=O) groups is 1. The van der Waals surface area contributed by atoms with Crippen molar-refractivity contribution in [3.8, 4) is 0 Å². The number of fused-ring (bicyclic) bond motifs is 1. The first kappa shape index (κ1) is 24.1. The second-order valence-electron chi connectivity index (χ2n) is 7.37. The van der Waals surface area contributed by atoms with Crippen molar-refractivity contribution in [2.24, 2.45) is 0 Å². The van der Waals surface area contributed by atoms with Crippen molar-refractivity contribution in [2.75, 3.05) is 38.2 Å². The van der Waals surface area contributed by atoms with Gasteiger partial charge in [0.15, 0.2) is 6.29 Å². The summed E-state index contributed by atoms with van der Waals surface area (Å²) in [6, 6.07) is 1.89. The van der Waals surface area contributed by atoms with Crippen LogP contribution in [0.5, 0.6) is 0 Å². The van der Waals surface area contributed by atoms with E-state index in [0.717, 1.165) is 86.6 Å². The van der Waals surface area contributed by atoms with E-state index < -0.39 is 0 Å². The van der Waals surface area contributed by atoms with Gasteiger partial charge in [0, 0.05) is 39.3 Å². The van der Waals surface area contributed by atoms with Gasteiger partial charge in [-0.25, -0.2) is 0 Å². The Morgan fingerprint density at radius 2 is 2.17 bits per heavy atom. The van der Waals surface area contributed by atoms with Crippen molar-refractivity contribution in [3.05, 3.63) is 78.2 Å². The molecule has 5 nitrogen and oxygen atoms in total. The normalized spacial score (nSPS) is 15.0. The summed E-state index contributed by atoms with van der Waals surface area (Å²) in [5, 5.41) is 7.83. The average molecular weight is 427 g/mol. The third kappa shape index (κ3) is 7.94. The van der Waals surface area contributed by atoms with Crippen molar-refractivity contribution in [2.45, 2.75) is 25.9 Å². The van der Waals surface area contributed by atoms with E-state index in [9.17, 15) is 4.79 Å². The topological polar surface area (TPSA) is 50.2 Å². The largest absolute Gasteiger partial charge is 0.311 e. The van der Waals surface area contributed by atoms with E-state index in [2.05, 4.69) is 47.4 Å². The number of nitrogens with one attached hydrogen (secondary N) is 1. The fourth-order valence-electron chi connectivity index (χ4n) is 3.29. The Bertz CT molecular complexity index is 806. The highest BCUT2D eigenvalue weighted by atomic mass is 32.2. The third-order valence-electron chi connectivity index (χ3n) is 5.01. The molecule has 0 atom stereocenters. The van der Waals surface area contributed by atoms with Gasteiger partial charge in [-0.2, -0.15) is 16.9 Å². The molecule has 0 radical (unpaired) electrons. The number of aryl methyl sites for hydroxylation is 1. The van der Waals surface area contributed by atoms with E-state index in [-0.39, 0.29) is 0 Å². The molecule has 1 aliphatic heterocycles. The molecule has 2 heterocycles. The molecule has 0 spiro atoms. The van der Waals surface area contributed by atoms with E-state index in [1.165, 1.54) is 0 Å². The SMILES string of the molecule is C=C/C(=C\C(=C)C(=C)/C=C\CCSC)CNCCN1CCCn2nc(C=O)cc2C1. The number of thioether (sulfide) groups is 1. The molecular weight excluding hydrogens is 392 g/mol. The van der Waals surface area contributed by atoms with Crippen LogP contribution in [0.3, 0.4) is 0 Å². The Hall–Kier alpha value is -2.15. The summed E-state index contributed by atoms with van der Waals surface area (Å²) in [5.74, 6) is 1.12. The van der Waals surface area contributed by atoms with Crippen LogP contribution >= 0.6 is 11.8 Å². The lowest BCUT2D eigenvalue weighted by Gasteiger charge is -2.19. The molecule has 6 heteroatoms. The highest BCUT2D eigenvalue weighted by Gasteiger charge is 2.16. The molecule has 0 aromatic carbocycles. The third-order valence-corrected chi connectivity index (χ3v) is 5.65. The zero-order valence-electron chi connectivity index (χ0n) is 18.1. The van der Waals surface area contributed by atoms with Gasteiger partial charge in [0.05, 0.1) is 5.69 Å². The van der Waals surface area contributed by atoms with Crippen molar-refractivity contribution in [1.29, 1.82) is 0 Å². The Kier molecular flexibility index (Phi) is 10.6. The minimum atomic E-state index is 0.520. The number of hydrogen-bond acceptors (Lipinski definition) is 5. The highest BCUT2D eigenvalue weighted by Crippen LogP contribution is 2.14. The molecule has 0 bridgehead atoms. The number of nitrogens with zero attached hydrogens (tertiary/aromatic N) is 3. The summed E-state index contributed by atoms with van der Waals surface area (Å²) in [6.45, 7) is 17.5. The Labute approximate surface area is 185 Å². The maximum atomic E-state index is 11.0.